The van der Waals surface area contributed by atoms with Gasteiger partial charge < -0.3 is 48.1 Å². The monoisotopic (exact) mass is 529 g/mol. The zero-order valence-electron chi connectivity index (χ0n) is 20.3. The summed E-state index contributed by atoms with van der Waals surface area (Å²) in [6.45, 7) is 0.722. The number of amides is 3. The van der Waals surface area contributed by atoms with E-state index in [0.717, 1.165) is 6.42 Å². The molecule has 37 heavy (non-hydrogen) atoms. The first-order valence-corrected chi connectivity index (χ1v) is 11.8. The SMILES string of the molecule is NC(N)=NCCCC(NC(=O)C(CCC(=O)O)NC(=O)C(CCC(=O)O)NC(=O)C1CCCN1)C(=O)O. The van der Waals surface area contributed by atoms with E-state index >= 15 is 0 Å². The Balaban J connectivity index is 2.94. The number of rotatable bonds is 17. The summed E-state index contributed by atoms with van der Waals surface area (Å²) in [6.07, 6.45) is -0.214. The van der Waals surface area contributed by atoms with Crippen molar-refractivity contribution in [3.63, 3.8) is 0 Å². The van der Waals surface area contributed by atoms with Gasteiger partial charge in [0.25, 0.3) is 0 Å². The van der Waals surface area contributed by atoms with Crippen LogP contribution < -0.4 is 32.7 Å². The molecule has 0 aliphatic carbocycles. The molecule has 0 aromatic heterocycles. The summed E-state index contributed by atoms with van der Waals surface area (Å²) in [5.74, 6) is -6.39. The summed E-state index contributed by atoms with van der Waals surface area (Å²) >= 11 is 0. The first-order chi connectivity index (χ1) is 17.4. The molecule has 4 unspecified atom stereocenters. The lowest BCUT2D eigenvalue weighted by atomic mass is 10.1. The van der Waals surface area contributed by atoms with Gasteiger partial charge in [-0.05, 0) is 45.1 Å². The molecule has 3 amide bonds. The molecule has 0 aromatic rings. The van der Waals surface area contributed by atoms with Crippen molar-refractivity contribution in [2.75, 3.05) is 13.1 Å². The van der Waals surface area contributed by atoms with Gasteiger partial charge in [-0.1, -0.05) is 0 Å². The quantitative estimate of drug-likeness (QED) is 0.0520. The van der Waals surface area contributed by atoms with Crippen molar-refractivity contribution in [2.24, 2.45) is 16.5 Å². The van der Waals surface area contributed by atoms with Crippen LogP contribution in [-0.4, -0.2) is 94.2 Å². The fourth-order valence-electron chi connectivity index (χ4n) is 3.56. The number of carbonyl (C=O) groups excluding carboxylic acids is 3. The number of hydrogen-bond donors (Lipinski definition) is 9. The minimum absolute atomic E-state index is 0.0524. The van der Waals surface area contributed by atoms with Crippen LogP contribution in [0.15, 0.2) is 4.99 Å². The van der Waals surface area contributed by atoms with Gasteiger partial charge in [0.2, 0.25) is 17.7 Å². The molecule has 4 atom stereocenters. The second kappa shape index (κ2) is 15.9. The van der Waals surface area contributed by atoms with Gasteiger partial charge in [0.15, 0.2) is 5.96 Å². The van der Waals surface area contributed by atoms with Crippen LogP contribution in [0.5, 0.6) is 0 Å². The normalized spacial score (nSPS) is 17.0. The fourth-order valence-corrected chi connectivity index (χ4v) is 3.56. The van der Waals surface area contributed by atoms with E-state index in [4.69, 9.17) is 21.7 Å². The van der Waals surface area contributed by atoms with Crippen molar-refractivity contribution in [2.45, 2.75) is 75.5 Å². The zero-order valence-corrected chi connectivity index (χ0v) is 20.3. The van der Waals surface area contributed by atoms with E-state index < -0.39 is 72.6 Å². The van der Waals surface area contributed by atoms with Gasteiger partial charge in [0.05, 0.1) is 6.04 Å². The molecule has 11 N–H and O–H groups in total. The molecule has 1 fully saturated rings. The molecule has 1 rings (SSSR count). The van der Waals surface area contributed by atoms with Crippen LogP contribution in [0, 0.1) is 0 Å². The van der Waals surface area contributed by atoms with Crippen LogP contribution in [0.2, 0.25) is 0 Å². The molecule has 1 aliphatic heterocycles. The molecular weight excluding hydrogens is 494 g/mol. The summed E-state index contributed by atoms with van der Waals surface area (Å²) in [5, 5.41) is 37.5. The molecule has 16 nitrogen and oxygen atoms in total. The van der Waals surface area contributed by atoms with Crippen molar-refractivity contribution in [3.05, 3.63) is 0 Å². The van der Waals surface area contributed by atoms with Gasteiger partial charge in [0, 0.05) is 19.4 Å². The highest BCUT2D eigenvalue weighted by atomic mass is 16.4. The molecule has 1 saturated heterocycles. The Labute approximate surface area is 212 Å². The molecule has 0 spiro atoms. The van der Waals surface area contributed by atoms with E-state index in [9.17, 15) is 33.9 Å². The number of aliphatic carboxylic acids is 3. The number of carboxylic acids is 3. The van der Waals surface area contributed by atoms with Gasteiger partial charge in [-0.3, -0.25) is 29.0 Å². The number of carboxylic acid groups (broad SMARTS) is 3. The van der Waals surface area contributed by atoms with Crippen LogP contribution in [-0.2, 0) is 28.8 Å². The first-order valence-electron chi connectivity index (χ1n) is 11.8. The van der Waals surface area contributed by atoms with E-state index in [1.165, 1.54) is 0 Å². The number of carbonyl (C=O) groups is 6. The Hall–Kier alpha value is -3.95. The maximum Gasteiger partial charge on any atom is 0.326 e. The Morgan fingerprint density at radius 2 is 1.38 bits per heavy atom. The van der Waals surface area contributed by atoms with E-state index in [-0.39, 0.29) is 38.2 Å². The number of hydrogen-bond acceptors (Lipinski definition) is 8. The minimum atomic E-state index is -1.46. The zero-order chi connectivity index (χ0) is 28.0. The number of nitrogens with zero attached hydrogens (tertiary/aromatic N) is 1. The predicted molar refractivity (Wildman–Crippen MR) is 128 cm³/mol. The second-order valence-corrected chi connectivity index (χ2v) is 8.48. The van der Waals surface area contributed by atoms with Crippen molar-refractivity contribution in [1.82, 2.24) is 21.3 Å². The van der Waals surface area contributed by atoms with Crippen LogP contribution >= 0.6 is 0 Å². The Morgan fingerprint density at radius 3 is 1.84 bits per heavy atom. The summed E-state index contributed by atoms with van der Waals surface area (Å²) in [7, 11) is 0. The number of nitrogens with one attached hydrogen (secondary N) is 4. The molecular formula is C21H35N7O9. The first kappa shape index (κ1) is 31.1. The smallest absolute Gasteiger partial charge is 0.326 e. The highest BCUT2D eigenvalue weighted by Crippen LogP contribution is 2.08. The van der Waals surface area contributed by atoms with E-state index in [0.29, 0.717) is 13.0 Å². The average Bonchev–Trinajstić information content (AvgIpc) is 3.35. The van der Waals surface area contributed by atoms with Crippen molar-refractivity contribution >= 4 is 41.6 Å². The van der Waals surface area contributed by atoms with Gasteiger partial charge in [-0.25, -0.2) is 4.79 Å². The summed E-state index contributed by atoms with van der Waals surface area (Å²) in [6, 6.07) is -4.71. The Morgan fingerprint density at radius 1 is 0.838 bits per heavy atom. The molecule has 0 saturated carbocycles. The lowest BCUT2D eigenvalue weighted by molar-refractivity contribution is -0.143. The van der Waals surface area contributed by atoms with E-state index in [1.807, 2.05) is 0 Å². The number of guanidine groups is 1. The lowest BCUT2D eigenvalue weighted by Gasteiger charge is -2.25. The third-order valence-electron chi connectivity index (χ3n) is 5.50. The van der Waals surface area contributed by atoms with Gasteiger partial charge in [-0.15, -0.1) is 0 Å². The third-order valence-corrected chi connectivity index (χ3v) is 5.50. The topological polar surface area (TPSA) is 276 Å². The predicted octanol–water partition coefficient (Wildman–Crippen LogP) is -2.94. The summed E-state index contributed by atoms with van der Waals surface area (Å²) in [4.78, 5) is 75.7. The highest BCUT2D eigenvalue weighted by Gasteiger charge is 2.32. The fraction of sp³-hybridized carbons (Fsp3) is 0.667. The minimum Gasteiger partial charge on any atom is -0.481 e. The van der Waals surface area contributed by atoms with Gasteiger partial charge >= 0.3 is 17.9 Å². The maximum absolute atomic E-state index is 12.9. The van der Waals surface area contributed by atoms with Crippen LogP contribution in [0.25, 0.3) is 0 Å². The summed E-state index contributed by atoms with van der Waals surface area (Å²) in [5.41, 5.74) is 10.4. The molecule has 16 heteroatoms. The van der Waals surface area contributed by atoms with Crippen molar-refractivity contribution in [1.29, 1.82) is 0 Å². The molecule has 208 valence electrons. The lowest BCUT2D eigenvalue weighted by Crippen LogP contribution is -2.57. The van der Waals surface area contributed by atoms with E-state index in [2.05, 4.69) is 26.3 Å². The number of aliphatic imine (C=N–C) groups is 1. The van der Waals surface area contributed by atoms with Crippen molar-refractivity contribution < 1.29 is 44.1 Å². The Kier molecular flexibility index (Phi) is 13.4. The highest BCUT2D eigenvalue weighted by molar-refractivity contribution is 5.94. The average molecular weight is 530 g/mol. The van der Waals surface area contributed by atoms with Crippen molar-refractivity contribution in [3.8, 4) is 0 Å². The van der Waals surface area contributed by atoms with Crippen LogP contribution in [0.1, 0.15) is 51.4 Å². The molecule has 0 radical (unpaired) electrons. The molecule has 0 bridgehead atoms. The standard InChI is InChI=1S/C21H35N7O9/c22-21(23)25-10-2-4-14(20(36)37)28-19(35)13(6-8-16(31)32)27-18(34)12(5-7-15(29)30)26-17(33)11-3-1-9-24-11/h11-14,24H,1-10H2,(H,26,33)(H,27,34)(H,28,35)(H,29,30)(H,31,32)(H,36,37)(H4,22,23,25). The van der Waals surface area contributed by atoms with Crippen LogP contribution in [0.4, 0.5) is 0 Å². The van der Waals surface area contributed by atoms with Gasteiger partial charge in [0.1, 0.15) is 18.1 Å². The largest absolute Gasteiger partial charge is 0.481 e. The van der Waals surface area contributed by atoms with Gasteiger partial charge in [-0.2, -0.15) is 0 Å². The summed E-state index contributed by atoms with van der Waals surface area (Å²) < 4.78 is 0. The maximum atomic E-state index is 12.9. The molecule has 1 aliphatic rings. The second-order valence-electron chi connectivity index (χ2n) is 8.48. The molecule has 0 aromatic carbocycles. The van der Waals surface area contributed by atoms with Crippen LogP contribution in [0.3, 0.4) is 0 Å². The Bertz CT molecular complexity index is 870. The van der Waals surface area contributed by atoms with E-state index in [1.54, 1.807) is 0 Å². The third kappa shape index (κ3) is 12.5. The molecule has 1 heterocycles. The number of nitrogens with two attached hydrogens (primary N) is 2.